The summed E-state index contributed by atoms with van der Waals surface area (Å²) in [5.74, 6) is 5.39. The molecule has 4 heteroatoms. The molecular formula is C17H19ClO3. The predicted molar refractivity (Wildman–Crippen MR) is 85.1 cm³/mol. The molecule has 1 aromatic carbocycles. The van der Waals surface area contributed by atoms with E-state index < -0.39 is 0 Å². The zero-order chi connectivity index (χ0) is 16.0. The van der Waals surface area contributed by atoms with Crippen LogP contribution in [0.15, 0.2) is 11.6 Å². The number of carbonyl (C=O) groups is 1. The highest BCUT2D eigenvalue weighted by Gasteiger charge is 2.19. The molecule has 1 aromatic rings. The van der Waals surface area contributed by atoms with Crippen molar-refractivity contribution in [3.8, 4) is 23.3 Å². The van der Waals surface area contributed by atoms with E-state index in [-0.39, 0.29) is 34.1 Å². The van der Waals surface area contributed by atoms with Crippen molar-refractivity contribution in [2.45, 2.75) is 40.0 Å². The topological polar surface area (TPSA) is 57.5 Å². The lowest BCUT2D eigenvalue weighted by atomic mass is 10.0. The van der Waals surface area contributed by atoms with Gasteiger partial charge in [-0.05, 0) is 32.8 Å². The maximum Gasteiger partial charge on any atom is 0.154 e. The summed E-state index contributed by atoms with van der Waals surface area (Å²) in [6.45, 7) is 5.62. The van der Waals surface area contributed by atoms with Crippen LogP contribution in [0.4, 0.5) is 0 Å². The van der Waals surface area contributed by atoms with Gasteiger partial charge in [-0.1, -0.05) is 29.2 Å². The largest absolute Gasteiger partial charge is 0.507 e. The monoisotopic (exact) mass is 306 g/mol. The lowest BCUT2D eigenvalue weighted by molar-refractivity contribution is 0.112. The number of hydrogen-bond acceptors (Lipinski definition) is 3. The molecule has 0 saturated carbocycles. The Morgan fingerprint density at radius 2 is 1.90 bits per heavy atom. The Morgan fingerprint density at radius 1 is 1.24 bits per heavy atom. The Labute approximate surface area is 130 Å². The lowest BCUT2D eigenvalue weighted by Crippen LogP contribution is -1.95. The van der Waals surface area contributed by atoms with Crippen molar-refractivity contribution in [2.75, 3.05) is 0 Å². The van der Waals surface area contributed by atoms with Crippen LogP contribution in [0.3, 0.4) is 0 Å². The van der Waals surface area contributed by atoms with Gasteiger partial charge in [0, 0.05) is 18.4 Å². The molecule has 0 bridgehead atoms. The number of rotatable bonds is 4. The molecule has 0 aliphatic carbocycles. The van der Waals surface area contributed by atoms with Gasteiger partial charge in [0.2, 0.25) is 0 Å². The van der Waals surface area contributed by atoms with Gasteiger partial charge < -0.3 is 10.2 Å². The molecule has 0 unspecified atom stereocenters. The summed E-state index contributed by atoms with van der Waals surface area (Å²) in [4.78, 5) is 11.0. The molecule has 0 atom stereocenters. The first-order chi connectivity index (χ1) is 9.90. The number of aromatic hydroxyl groups is 2. The Morgan fingerprint density at radius 3 is 2.48 bits per heavy atom. The van der Waals surface area contributed by atoms with Crippen molar-refractivity contribution in [2.24, 2.45) is 0 Å². The minimum absolute atomic E-state index is 0.0799. The van der Waals surface area contributed by atoms with Crippen molar-refractivity contribution in [3.63, 3.8) is 0 Å². The first kappa shape index (κ1) is 17.1. The van der Waals surface area contributed by atoms with E-state index in [9.17, 15) is 15.0 Å². The molecule has 0 aliphatic rings. The maximum atomic E-state index is 11.0. The Bertz CT molecular complexity index is 630. The molecule has 112 valence electrons. The SMILES string of the molecule is CC(C)=CCCC#CCc1c(O)c(Cl)c(C)c(C=O)c1O. The maximum absolute atomic E-state index is 11.0. The highest BCUT2D eigenvalue weighted by Crippen LogP contribution is 2.39. The third-order valence-corrected chi connectivity index (χ3v) is 3.56. The van der Waals surface area contributed by atoms with Crippen LogP contribution in [0.5, 0.6) is 11.5 Å². The van der Waals surface area contributed by atoms with Crippen LogP contribution < -0.4 is 0 Å². The van der Waals surface area contributed by atoms with Crippen LogP contribution in [0.2, 0.25) is 5.02 Å². The van der Waals surface area contributed by atoms with Crippen LogP contribution in [0.25, 0.3) is 0 Å². The van der Waals surface area contributed by atoms with E-state index in [0.29, 0.717) is 18.3 Å². The quantitative estimate of drug-likeness (QED) is 0.380. The van der Waals surface area contributed by atoms with Gasteiger partial charge in [-0.2, -0.15) is 0 Å². The van der Waals surface area contributed by atoms with Gasteiger partial charge in [-0.15, -0.1) is 5.92 Å². The van der Waals surface area contributed by atoms with Gasteiger partial charge in [-0.3, -0.25) is 4.79 Å². The Kier molecular flexibility index (Phi) is 6.33. The van der Waals surface area contributed by atoms with Crippen molar-refractivity contribution >= 4 is 17.9 Å². The molecular weight excluding hydrogens is 288 g/mol. The number of carbonyl (C=O) groups excluding carboxylic acids is 1. The Hall–Kier alpha value is -1.92. The number of unbranched alkanes of at least 4 members (excludes halogenated alkanes) is 1. The van der Waals surface area contributed by atoms with Crippen LogP contribution in [0.1, 0.15) is 48.2 Å². The molecule has 0 saturated heterocycles. The molecule has 0 aromatic heterocycles. The Balaban J connectivity index is 2.95. The third-order valence-electron chi connectivity index (χ3n) is 3.10. The number of benzene rings is 1. The van der Waals surface area contributed by atoms with Gasteiger partial charge in [0.25, 0.3) is 0 Å². The molecule has 21 heavy (non-hydrogen) atoms. The van der Waals surface area contributed by atoms with Crippen LogP contribution in [0, 0.1) is 18.8 Å². The van der Waals surface area contributed by atoms with Crippen molar-refractivity contribution in [1.82, 2.24) is 0 Å². The first-order valence-corrected chi connectivity index (χ1v) is 7.05. The fraction of sp³-hybridized carbons (Fsp3) is 0.353. The number of hydrogen-bond donors (Lipinski definition) is 2. The van der Waals surface area contributed by atoms with Crippen LogP contribution in [-0.4, -0.2) is 16.5 Å². The summed E-state index contributed by atoms with van der Waals surface area (Å²) in [7, 11) is 0. The van der Waals surface area contributed by atoms with Gasteiger partial charge >= 0.3 is 0 Å². The minimum Gasteiger partial charge on any atom is -0.507 e. The van der Waals surface area contributed by atoms with Gasteiger partial charge in [0.1, 0.15) is 11.5 Å². The van der Waals surface area contributed by atoms with E-state index >= 15 is 0 Å². The molecule has 0 amide bonds. The summed E-state index contributed by atoms with van der Waals surface area (Å²) in [6.07, 6.45) is 4.33. The average molecular weight is 307 g/mol. The summed E-state index contributed by atoms with van der Waals surface area (Å²) in [5.41, 5.74) is 1.90. The molecule has 1 rings (SSSR count). The number of allylic oxidation sites excluding steroid dienone is 2. The summed E-state index contributed by atoms with van der Waals surface area (Å²) in [6, 6.07) is 0. The zero-order valence-corrected chi connectivity index (χ0v) is 13.2. The zero-order valence-electron chi connectivity index (χ0n) is 12.5. The fourth-order valence-corrected chi connectivity index (χ4v) is 2.08. The molecule has 0 heterocycles. The van der Waals surface area contributed by atoms with Gasteiger partial charge in [0.15, 0.2) is 6.29 Å². The summed E-state index contributed by atoms with van der Waals surface area (Å²) in [5, 5.41) is 20.1. The van der Waals surface area contributed by atoms with E-state index in [1.165, 1.54) is 5.57 Å². The third kappa shape index (κ3) is 4.27. The van der Waals surface area contributed by atoms with Crippen molar-refractivity contribution in [1.29, 1.82) is 0 Å². The highest BCUT2D eigenvalue weighted by atomic mass is 35.5. The van der Waals surface area contributed by atoms with E-state index in [4.69, 9.17) is 11.6 Å². The second kappa shape index (κ2) is 7.75. The fourth-order valence-electron chi connectivity index (χ4n) is 1.86. The number of phenols is 2. The smallest absolute Gasteiger partial charge is 0.154 e. The number of halogens is 1. The van der Waals surface area contributed by atoms with E-state index in [1.807, 2.05) is 13.8 Å². The summed E-state index contributed by atoms with van der Waals surface area (Å²) >= 11 is 5.96. The van der Waals surface area contributed by atoms with E-state index in [0.717, 1.165) is 6.42 Å². The molecule has 0 spiro atoms. The van der Waals surface area contributed by atoms with Crippen LogP contribution >= 0.6 is 11.6 Å². The molecule has 0 aliphatic heterocycles. The lowest BCUT2D eigenvalue weighted by Gasteiger charge is -2.11. The molecule has 0 radical (unpaired) electrons. The van der Waals surface area contributed by atoms with E-state index in [2.05, 4.69) is 17.9 Å². The molecule has 0 fully saturated rings. The minimum atomic E-state index is -0.247. The normalized spacial score (nSPS) is 9.71. The van der Waals surface area contributed by atoms with Crippen LogP contribution in [-0.2, 0) is 6.42 Å². The molecule has 3 nitrogen and oxygen atoms in total. The first-order valence-electron chi connectivity index (χ1n) is 6.67. The standard InChI is InChI=1S/C17H19ClO3/c1-11(2)8-6-4-5-7-9-13-16(20)14(10-19)12(3)15(18)17(13)21/h8,10,20-21H,4,6,9H2,1-3H3. The summed E-state index contributed by atoms with van der Waals surface area (Å²) < 4.78 is 0. The van der Waals surface area contributed by atoms with Gasteiger partial charge in [0.05, 0.1) is 10.6 Å². The van der Waals surface area contributed by atoms with Crippen molar-refractivity contribution in [3.05, 3.63) is 33.4 Å². The molecule has 2 N–H and O–H groups in total. The van der Waals surface area contributed by atoms with Gasteiger partial charge in [-0.25, -0.2) is 0 Å². The highest BCUT2D eigenvalue weighted by molar-refractivity contribution is 6.33. The average Bonchev–Trinajstić information content (AvgIpc) is 2.43. The predicted octanol–water partition coefficient (Wildman–Crippen LogP) is 4.16. The number of aldehydes is 1. The number of phenolic OH excluding ortho intramolecular Hbond substituents is 2. The van der Waals surface area contributed by atoms with Crippen molar-refractivity contribution < 1.29 is 15.0 Å². The second-order valence-electron chi connectivity index (χ2n) is 5.00. The second-order valence-corrected chi connectivity index (χ2v) is 5.37. The van der Waals surface area contributed by atoms with E-state index in [1.54, 1.807) is 6.92 Å².